The number of pyridine rings is 1. The van der Waals surface area contributed by atoms with Crippen molar-refractivity contribution < 1.29 is 4.79 Å². The number of benzene rings is 2. The lowest BCUT2D eigenvalue weighted by atomic mass is 9.93. The quantitative estimate of drug-likeness (QED) is 0.428. The maximum atomic E-state index is 13.1. The summed E-state index contributed by atoms with van der Waals surface area (Å²) in [6.07, 6.45) is 8.04. The molecule has 0 saturated heterocycles. The molecule has 0 amide bonds. The van der Waals surface area contributed by atoms with Gasteiger partial charge in [-0.2, -0.15) is 0 Å². The van der Waals surface area contributed by atoms with Gasteiger partial charge in [0.2, 0.25) is 0 Å². The predicted molar refractivity (Wildman–Crippen MR) is 123 cm³/mol. The number of hydrogen-bond donors (Lipinski definition) is 2. The fourth-order valence-corrected chi connectivity index (χ4v) is 3.55. The van der Waals surface area contributed by atoms with Gasteiger partial charge >= 0.3 is 0 Å². The minimum absolute atomic E-state index is 0.0548. The first-order valence-electron chi connectivity index (χ1n) is 9.25. The number of halogens is 1. The third kappa shape index (κ3) is 3.73. The lowest BCUT2D eigenvalue weighted by Crippen LogP contribution is -2.18. The molecule has 0 radical (unpaired) electrons. The molecule has 2 N–H and O–H groups in total. The Morgan fingerprint density at radius 2 is 1.87 bits per heavy atom. The summed E-state index contributed by atoms with van der Waals surface area (Å²) in [4.78, 5) is 28.8. The molecule has 3 aromatic rings. The van der Waals surface area contributed by atoms with Crippen molar-refractivity contribution in [3.63, 3.8) is 0 Å². The monoisotopic (exact) mass is 412 g/mol. The van der Waals surface area contributed by atoms with E-state index < -0.39 is 11.3 Å². The van der Waals surface area contributed by atoms with Crippen molar-refractivity contribution in [1.29, 1.82) is 5.41 Å². The van der Waals surface area contributed by atoms with Crippen LogP contribution < -0.4 is 5.56 Å². The highest BCUT2D eigenvalue weighted by Crippen LogP contribution is 2.31. The third-order valence-electron chi connectivity index (χ3n) is 4.84. The summed E-state index contributed by atoms with van der Waals surface area (Å²) < 4.78 is 0. The number of carbonyl (C=O) groups is 1. The number of rotatable bonds is 4. The number of fused-ring (bicyclic) bond motifs is 1. The van der Waals surface area contributed by atoms with Crippen LogP contribution in [0.25, 0.3) is 22.0 Å². The van der Waals surface area contributed by atoms with Crippen LogP contribution in [0.3, 0.4) is 0 Å². The number of hydrogen-bond acceptors (Lipinski definition) is 3. The van der Waals surface area contributed by atoms with E-state index in [-0.39, 0.29) is 5.56 Å². The van der Waals surface area contributed by atoms with Crippen LogP contribution in [0.15, 0.2) is 101 Å². The number of aromatic amines is 1. The van der Waals surface area contributed by atoms with Crippen molar-refractivity contribution in [3.8, 4) is 11.1 Å². The van der Waals surface area contributed by atoms with Gasteiger partial charge in [-0.1, -0.05) is 60.7 Å². The van der Waals surface area contributed by atoms with Crippen LogP contribution in [0, 0.1) is 5.41 Å². The molecule has 0 unspecified atom stereocenters. The largest absolute Gasteiger partial charge is 0.321 e. The number of aromatic nitrogens is 1. The summed E-state index contributed by atoms with van der Waals surface area (Å²) in [6, 6.07) is 14.5. The van der Waals surface area contributed by atoms with Crippen molar-refractivity contribution >= 4 is 34.0 Å². The van der Waals surface area contributed by atoms with Crippen LogP contribution in [-0.4, -0.2) is 16.5 Å². The van der Waals surface area contributed by atoms with Gasteiger partial charge in [-0.05, 0) is 53.1 Å². The third-order valence-corrected chi connectivity index (χ3v) is 5.08. The van der Waals surface area contributed by atoms with Crippen molar-refractivity contribution in [2.45, 2.75) is 0 Å². The fraction of sp³-hybridized carbons (Fsp3) is 0. The molecule has 0 bridgehead atoms. The minimum Gasteiger partial charge on any atom is -0.321 e. The van der Waals surface area contributed by atoms with Gasteiger partial charge in [0.25, 0.3) is 5.56 Å². The molecule has 0 spiro atoms. The molecule has 0 atom stereocenters. The number of allylic oxidation sites excluding steroid dienone is 7. The fourth-order valence-electron chi connectivity index (χ4n) is 3.38. The Morgan fingerprint density at radius 3 is 2.60 bits per heavy atom. The molecule has 0 saturated carbocycles. The zero-order valence-corrected chi connectivity index (χ0v) is 16.7. The van der Waals surface area contributed by atoms with E-state index in [4.69, 9.17) is 17.0 Å². The second-order valence-electron chi connectivity index (χ2n) is 6.87. The van der Waals surface area contributed by atoms with Gasteiger partial charge in [-0.25, -0.2) is 0 Å². The molecule has 0 aliphatic heterocycles. The van der Waals surface area contributed by atoms with Crippen molar-refractivity contribution in [3.05, 3.63) is 118 Å². The zero-order valence-electron chi connectivity index (χ0n) is 15.9. The van der Waals surface area contributed by atoms with Crippen LogP contribution in [0.5, 0.6) is 0 Å². The summed E-state index contributed by atoms with van der Waals surface area (Å²) in [7, 11) is 0. The summed E-state index contributed by atoms with van der Waals surface area (Å²) in [5.41, 5.74) is 3.12. The Morgan fingerprint density at radius 1 is 1.10 bits per heavy atom. The zero-order chi connectivity index (χ0) is 21.3. The summed E-state index contributed by atoms with van der Waals surface area (Å²) in [5.74, 6) is -0.419. The Hall–Kier alpha value is -3.76. The molecule has 1 aromatic heterocycles. The smallest absolute Gasteiger partial charge is 0.260 e. The van der Waals surface area contributed by atoms with Gasteiger partial charge in [-0.15, -0.1) is 0 Å². The van der Waals surface area contributed by atoms with Gasteiger partial charge in [0.1, 0.15) is 0 Å². The minimum atomic E-state index is -0.460. The molecule has 4 rings (SSSR count). The maximum Gasteiger partial charge on any atom is 0.260 e. The molecule has 146 valence electrons. The molecule has 30 heavy (non-hydrogen) atoms. The Labute approximate surface area is 178 Å². The first kappa shape index (κ1) is 19.6. The highest BCUT2D eigenvalue weighted by Gasteiger charge is 2.19. The van der Waals surface area contributed by atoms with Crippen molar-refractivity contribution in [2.24, 2.45) is 0 Å². The number of ketones is 1. The second kappa shape index (κ2) is 7.93. The normalized spacial score (nSPS) is 13.8. The number of nitrogens with one attached hydrogen (secondary N) is 2. The maximum absolute atomic E-state index is 13.1. The standard InChI is InChI=1S/C25H17ClN2O2/c1-15-13-16(7-10-20(15)27)8-12-22(29)24-23(17-5-3-2-4-6-17)19-14-18(26)9-11-21(19)28-25(24)30/h2-14,27H,1H2,(H,28,30)/b12-8+,27-20?. The molecule has 1 heterocycles. The Bertz CT molecular complexity index is 1360. The topological polar surface area (TPSA) is 73.8 Å². The Balaban J connectivity index is 1.88. The number of H-pyrrole nitrogens is 1. The van der Waals surface area contributed by atoms with E-state index in [9.17, 15) is 9.59 Å². The van der Waals surface area contributed by atoms with Crippen LogP contribution in [0.1, 0.15) is 10.4 Å². The summed E-state index contributed by atoms with van der Waals surface area (Å²) >= 11 is 6.21. The molecule has 1 aliphatic rings. The van der Waals surface area contributed by atoms with E-state index in [0.717, 1.165) is 11.1 Å². The Kier molecular flexibility index (Phi) is 5.17. The molecule has 5 heteroatoms. The van der Waals surface area contributed by atoms with Crippen LogP contribution in [0.4, 0.5) is 0 Å². The van der Waals surface area contributed by atoms with Crippen molar-refractivity contribution in [2.75, 3.05) is 0 Å². The molecule has 1 aliphatic carbocycles. The molecule has 0 fully saturated rings. The lowest BCUT2D eigenvalue weighted by molar-refractivity contribution is 0.104. The summed E-state index contributed by atoms with van der Waals surface area (Å²) in [5, 5.41) is 8.91. The first-order chi connectivity index (χ1) is 14.4. The van der Waals surface area contributed by atoms with Gasteiger partial charge in [0.15, 0.2) is 5.78 Å². The SMILES string of the molecule is C=C1C=C(/C=C/C(=O)c2c(-c3ccccc3)c3cc(Cl)ccc3[nH]c2=O)C=CC1=N. The van der Waals surface area contributed by atoms with Gasteiger partial charge < -0.3 is 10.4 Å². The van der Waals surface area contributed by atoms with Gasteiger partial charge in [0, 0.05) is 21.5 Å². The van der Waals surface area contributed by atoms with Gasteiger partial charge in [0.05, 0.1) is 11.3 Å². The highest BCUT2D eigenvalue weighted by atomic mass is 35.5. The molecular formula is C25H17ClN2O2. The van der Waals surface area contributed by atoms with Gasteiger partial charge in [-0.3, -0.25) is 9.59 Å². The highest BCUT2D eigenvalue weighted by molar-refractivity contribution is 6.31. The van der Waals surface area contributed by atoms with E-state index in [1.807, 2.05) is 30.3 Å². The number of carbonyl (C=O) groups excluding carboxylic acids is 1. The van der Waals surface area contributed by atoms with E-state index in [0.29, 0.717) is 32.8 Å². The second-order valence-corrected chi connectivity index (χ2v) is 7.31. The van der Waals surface area contributed by atoms with Crippen LogP contribution >= 0.6 is 11.6 Å². The molecule has 4 nitrogen and oxygen atoms in total. The van der Waals surface area contributed by atoms with Crippen LogP contribution in [0.2, 0.25) is 5.02 Å². The first-order valence-corrected chi connectivity index (χ1v) is 9.63. The van der Waals surface area contributed by atoms with E-state index in [1.54, 1.807) is 42.5 Å². The predicted octanol–water partition coefficient (Wildman–Crippen LogP) is 5.66. The van der Waals surface area contributed by atoms with E-state index in [2.05, 4.69) is 11.6 Å². The summed E-state index contributed by atoms with van der Waals surface area (Å²) in [6.45, 7) is 3.80. The van der Waals surface area contributed by atoms with E-state index >= 15 is 0 Å². The average molecular weight is 413 g/mol. The average Bonchev–Trinajstić information content (AvgIpc) is 2.74. The molecule has 2 aromatic carbocycles. The van der Waals surface area contributed by atoms with Crippen LogP contribution in [-0.2, 0) is 0 Å². The van der Waals surface area contributed by atoms with E-state index in [1.165, 1.54) is 6.08 Å². The lowest BCUT2D eigenvalue weighted by Gasteiger charge is -2.12. The van der Waals surface area contributed by atoms with Crippen molar-refractivity contribution in [1.82, 2.24) is 4.98 Å². The molecular weight excluding hydrogens is 396 g/mol.